The Morgan fingerprint density at radius 1 is 1.21 bits per heavy atom. The number of aliphatic hydroxyl groups excluding tert-OH is 2. The van der Waals surface area contributed by atoms with E-state index in [0.29, 0.717) is 11.4 Å². The molecule has 0 amide bonds. The summed E-state index contributed by atoms with van der Waals surface area (Å²) in [6, 6.07) is 7.48. The van der Waals surface area contributed by atoms with Crippen molar-refractivity contribution in [2.45, 2.75) is 13.3 Å². The van der Waals surface area contributed by atoms with Gasteiger partial charge in [-0.25, -0.2) is 0 Å². The van der Waals surface area contributed by atoms with Gasteiger partial charge in [0.15, 0.2) is 0 Å². The van der Waals surface area contributed by atoms with E-state index >= 15 is 0 Å². The molecule has 1 aromatic carbocycles. The van der Waals surface area contributed by atoms with E-state index in [2.05, 4.69) is 0 Å². The van der Waals surface area contributed by atoms with E-state index in [1.165, 1.54) is 0 Å². The molecule has 1 rings (SSSR count). The third-order valence-corrected chi connectivity index (χ3v) is 2.71. The van der Waals surface area contributed by atoms with Crippen LogP contribution in [0.15, 0.2) is 24.3 Å². The molecule has 0 aliphatic carbocycles. The third-order valence-electron chi connectivity index (χ3n) is 2.34. The zero-order valence-corrected chi connectivity index (χ0v) is 8.96. The van der Waals surface area contributed by atoms with Crippen LogP contribution in [0.1, 0.15) is 12.5 Å². The van der Waals surface area contributed by atoms with Gasteiger partial charge >= 0.3 is 0 Å². The Morgan fingerprint density at radius 2 is 1.79 bits per heavy atom. The Kier molecular flexibility index (Phi) is 3.93. The van der Waals surface area contributed by atoms with Crippen LogP contribution in [0.25, 0.3) is 0 Å². The Bertz CT molecular complexity index is 295. The van der Waals surface area contributed by atoms with E-state index < -0.39 is 5.41 Å². The highest BCUT2D eigenvalue weighted by atomic mass is 35.5. The second-order valence-electron chi connectivity index (χ2n) is 3.90. The standard InChI is InChI=1S/C11H15ClO2/c1-11(7-13,8-14)6-9-4-2-3-5-10(9)12/h2-5,13-14H,6-8H2,1H3. The molecule has 0 atom stereocenters. The highest BCUT2D eigenvalue weighted by Crippen LogP contribution is 2.25. The third kappa shape index (κ3) is 2.71. The highest BCUT2D eigenvalue weighted by Gasteiger charge is 2.23. The second-order valence-corrected chi connectivity index (χ2v) is 4.30. The molecule has 3 heteroatoms. The molecular formula is C11H15ClO2. The molecule has 0 fully saturated rings. The minimum Gasteiger partial charge on any atom is -0.396 e. The van der Waals surface area contributed by atoms with Gasteiger partial charge in [-0.3, -0.25) is 0 Å². The lowest BCUT2D eigenvalue weighted by Gasteiger charge is -2.24. The van der Waals surface area contributed by atoms with Crippen molar-refractivity contribution in [3.63, 3.8) is 0 Å². The van der Waals surface area contributed by atoms with Gasteiger partial charge in [-0.05, 0) is 18.1 Å². The topological polar surface area (TPSA) is 40.5 Å². The molecule has 78 valence electrons. The zero-order valence-electron chi connectivity index (χ0n) is 8.20. The van der Waals surface area contributed by atoms with Crippen LogP contribution in [0.3, 0.4) is 0 Å². The SMILES string of the molecule is CC(CO)(CO)Cc1ccccc1Cl. The first-order valence-electron chi connectivity index (χ1n) is 4.56. The largest absolute Gasteiger partial charge is 0.396 e. The average molecular weight is 215 g/mol. The molecule has 0 heterocycles. The predicted molar refractivity (Wildman–Crippen MR) is 57.4 cm³/mol. The van der Waals surface area contributed by atoms with E-state index in [1.54, 1.807) is 0 Å². The highest BCUT2D eigenvalue weighted by molar-refractivity contribution is 6.31. The van der Waals surface area contributed by atoms with Crippen LogP contribution in [0.4, 0.5) is 0 Å². The molecular weight excluding hydrogens is 200 g/mol. The van der Waals surface area contributed by atoms with Crippen molar-refractivity contribution in [2.75, 3.05) is 13.2 Å². The molecule has 0 saturated carbocycles. The first-order valence-corrected chi connectivity index (χ1v) is 4.94. The Morgan fingerprint density at radius 3 is 2.29 bits per heavy atom. The molecule has 2 N–H and O–H groups in total. The number of halogens is 1. The smallest absolute Gasteiger partial charge is 0.0509 e. The van der Waals surface area contributed by atoms with Crippen molar-refractivity contribution in [1.82, 2.24) is 0 Å². The van der Waals surface area contributed by atoms with Crippen LogP contribution in [-0.2, 0) is 6.42 Å². The number of benzene rings is 1. The fraction of sp³-hybridized carbons (Fsp3) is 0.455. The van der Waals surface area contributed by atoms with Crippen molar-refractivity contribution in [3.05, 3.63) is 34.9 Å². The minimum atomic E-state index is -0.495. The lowest BCUT2D eigenvalue weighted by Crippen LogP contribution is -2.28. The summed E-state index contributed by atoms with van der Waals surface area (Å²) in [4.78, 5) is 0. The fourth-order valence-corrected chi connectivity index (χ4v) is 1.47. The van der Waals surface area contributed by atoms with Crippen LogP contribution < -0.4 is 0 Å². The predicted octanol–water partition coefficient (Wildman–Crippen LogP) is 1.87. The van der Waals surface area contributed by atoms with Gasteiger partial charge in [0, 0.05) is 10.4 Å². The maximum atomic E-state index is 9.13. The van der Waals surface area contributed by atoms with Gasteiger partial charge in [0.1, 0.15) is 0 Å². The monoisotopic (exact) mass is 214 g/mol. The van der Waals surface area contributed by atoms with Crippen LogP contribution in [-0.4, -0.2) is 23.4 Å². The summed E-state index contributed by atoms with van der Waals surface area (Å²) in [7, 11) is 0. The molecule has 0 aliphatic rings. The molecule has 1 aromatic rings. The molecule has 0 unspecified atom stereocenters. The summed E-state index contributed by atoms with van der Waals surface area (Å²) in [6.45, 7) is 1.74. The Balaban J connectivity index is 2.82. The maximum absolute atomic E-state index is 9.13. The van der Waals surface area contributed by atoms with Gasteiger partial charge in [0.05, 0.1) is 13.2 Å². The lowest BCUT2D eigenvalue weighted by atomic mass is 9.85. The molecule has 0 saturated heterocycles. The second kappa shape index (κ2) is 4.78. The quantitative estimate of drug-likeness (QED) is 0.804. The fourth-order valence-electron chi connectivity index (χ4n) is 1.26. The molecule has 0 aromatic heterocycles. The average Bonchev–Trinajstić information content (AvgIpc) is 2.21. The van der Waals surface area contributed by atoms with E-state index in [9.17, 15) is 0 Å². The summed E-state index contributed by atoms with van der Waals surface area (Å²) < 4.78 is 0. The van der Waals surface area contributed by atoms with Crippen molar-refractivity contribution >= 4 is 11.6 Å². The minimum absolute atomic E-state index is 0.0469. The van der Waals surface area contributed by atoms with Crippen molar-refractivity contribution < 1.29 is 10.2 Å². The molecule has 2 nitrogen and oxygen atoms in total. The van der Waals surface area contributed by atoms with Crippen molar-refractivity contribution in [3.8, 4) is 0 Å². The number of hydrogen-bond donors (Lipinski definition) is 2. The Labute approximate surface area is 89.1 Å². The molecule has 0 aliphatic heterocycles. The first-order chi connectivity index (χ1) is 6.61. The molecule has 0 radical (unpaired) electrons. The molecule has 0 spiro atoms. The zero-order chi connectivity index (χ0) is 10.6. The van der Waals surface area contributed by atoms with Gasteiger partial charge in [0.25, 0.3) is 0 Å². The maximum Gasteiger partial charge on any atom is 0.0509 e. The number of rotatable bonds is 4. The number of hydrogen-bond acceptors (Lipinski definition) is 2. The van der Waals surface area contributed by atoms with Crippen LogP contribution >= 0.6 is 11.6 Å². The van der Waals surface area contributed by atoms with Crippen LogP contribution in [0.2, 0.25) is 5.02 Å². The van der Waals surface area contributed by atoms with E-state index in [-0.39, 0.29) is 13.2 Å². The Hall–Kier alpha value is -0.570. The summed E-state index contributed by atoms with van der Waals surface area (Å²) in [5, 5.41) is 18.9. The van der Waals surface area contributed by atoms with E-state index in [4.69, 9.17) is 21.8 Å². The van der Waals surface area contributed by atoms with Crippen LogP contribution in [0, 0.1) is 5.41 Å². The molecule has 0 bridgehead atoms. The summed E-state index contributed by atoms with van der Waals surface area (Å²) >= 11 is 5.98. The number of aliphatic hydroxyl groups is 2. The van der Waals surface area contributed by atoms with E-state index in [1.807, 2.05) is 31.2 Å². The van der Waals surface area contributed by atoms with Gasteiger partial charge < -0.3 is 10.2 Å². The van der Waals surface area contributed by atoms with Gasteiger partial charge in [0.2, 0.25) is 0 Å². The van der Waals surface area contributed by atoms with E-state index in [0.717, 1.165) is 5.56 Å². The molecule has 14 heavy (non-hydrogen) atoms. The summed E-state index contributed by atoms with van der Waals surface area (Å²) in [5.74, 6) is 0. The summed E-state index contributed by atoms with van der Waals surface area (Å²) in [5.41, 5.74) is 0.463. The first kappa shape index (κ1) is 11.5. The van der Waals surface area contributed by atoms with Crippen molar-refractivity contribution in [2.24, 2.45) is 5.41 Å². The van der Waals surface area contributed by atoms with Gasteiger partial charge in [-0.15, -0.1) is 0 Å². The lowest BCUT2D eigenvalue weighted by molar-refractivity contribution is 0.0704. The normalized spacial score (nSPS) is 11.7. The van der Waals surface area contributed by atoms with Crippen molar-refractivity contribution in [1.29, 1.82) is 0 Å². The summed E-state index contributed by atoms with van der Waals surface area (Å²) in [6.07, 6.45) is 0.583. The van der Waals surface area contributed by atoms with Gasteiger partial charge in [-0.2, -0.15) is 0 Å². The van der Waals surface area contributed by atoms with Crippen LogP contribution in [0.5, 0.6) is 0 Å². The van der Waals surface area contributed by atoms with Gasteiger partial charge in [-0.1, -0.05) is 36.7 Å².